The molecule has 2 amide bonds. The molecule has 1 saturated carbocycles. The molecule has 3 fully saturated rings. The number of hydrogen-bond donors (Lipinski definition) is 1. The summed E-state index contributed by atoms with van der Waals surface area (Å²) in [5.41, 5.74) is 5.44. The second-order valence-corrected chi connectivity index (χ2v) is 6.97. The van der Waals surface area contributed by atoms with Crippen LogP contribution < -0.4 is 5.73 Å². The van der Waals surface area contributed by atoms with Gasteiger partial charge < -0.3 is 5.73 Å². The number of carbonyl (C=O) groups excluding carboxylic acids is 2. The molecule has 2 N–H and O–H groups in total. The minimum absolute atomic E-state index is 0.00442. The molecule has 3 aliphatic rings. The second-order valence-electron chi connectivity index (χ2n) is 6.97. The lowest BCUT2D eigenvalue weighted by atomic mass is 9.96. The highest BCUT2D eigenvalue weighted by atomic mass is 16.2. The summed E-state index contributed by atoms with van der Waals surface area (Å²) in [4.78, 5) is 24.2. The fourth-order valence-corrected chi connectivity index (χ4v) is 4.70. The predicted molar refractivity (Wildman–Crippen MR) is 79.7 cm³/mol. The van der Waals surface area contributed by atoms with Crippen molar-refractivity contribution in [3.8, 4) is 0 Å². The van der Waals surface area contributed by atoms with Crippen molar-refractivity contribution in [3.05, 3.63) is 0 Å². The van der Waals surface area contributed by atoms with Gasteiger partial charge in [-0.3, -0.25) is 4.79 Å². The number of primary amides is 1. The fraction of sp³-hybridized carbons (Fsp3) is 0.875. The molecule has 0 spiro atoms. The van der Waals surface area contributed by atoms with Gasteiger partial charge in [-0.1, -0.05) is 0 Å². The monoisotopic (exact) mass is 294 g/mol. The van der Waals surface area contributed by atoms with Crippen molar-refractivity contribution in [2.45, 2.75) is 63.8 Å². The number of amides is 2. The van der Waals surface area contributed by atoms with E-state index >= 15 is 0 Å². The maximum absolute atomic E-state index is 12.9. The highest BCUT2D eigenvalue weighted by Crippen LogP contribution is 2.37. The minimum atomic E-state index is -0.174. The first-order valence-corrected chi connectivity index (χ1v) is 8.60. The number of piperidine rings is 2. The smallest absolute Gasteiger partial charge is 0.333 e. The van der Waals surface area contributed by atoms with Crippen LogP contribution in [-0.2, 0) is 9.59 Å². The van der Waals surface area contributed by atoms with Gasteiger partial charge in [0, 0.05) is 31.8 Å². The van der Waals surface area contributed by atoms with Gasteiger partial charge in [0.25, 0.3) is 0 Å². The van der Waals surface area contributed by atoms with E-state index in [0.717, 1.165) is 51.7 Å². The van der Waals surface area contributed by atoms with Gasteiger partial charge in [-0.15, -0.1) is 5.01 Å². The summed E-state index contributed by atoms with van der Waals surface area (Å²) in [6, 6.07) is 0.489. The number of rotatable bonds is 3. The highest BCUT2D eigenvalue weighted by Gasteiger charge is 2.52. The van der Waals surface area contributed by atoms with E-state index in [4.69, 9.17) is 5.73 Å². The zero-order valence-electron chi connectivity index (χ0n) is 12.9. The van der Waals surface area contributed by atoms with Crippen LogP contribution in [0.1, 0.15) is 57.8 Å². The SMILES string of the molecule is NC(=O)C1CCN([N+]2(C3CCCC3)CCCCC2=O)CC1. The average molecular weight is 294 g/mol. The van der Waals surface area contributed by atoms with Crippen LogP contribution >= 0.6 is 0 Å². The van der Waals surface area contributed by atoms with Crippen LogP contribution in [-0.4, -0.2) is 47.1 Å². The van der Waals surface area contributed by atoms with Crippen LogP contribution in [0.3, 0.4) is 0 Å². The van der Waals surface area contributed by atoms with Gasteiger partial charge in [0.1, 0.15) is 12.6 Å². The van der Waals surface area contributed by atoms with E-state index in [0.29, 0.717) is 16.5 Å². The molecule has 0 aromatic rings. The maximum Gasteiger partial charge on any atom is 0.333 e. The first-order valence-electron chi connectivity index (χ1n) is 8.60. The molecule has 2 aliphatic heterocycles. The Morgan fingerprint density at radius 2 is 1.71 bits per heavy atom. The largest absolute Gasteiger partial charge is 0.369 e. The predicted octanol–water partition coefficient (Wildman–Crippen LogP) is 1.57. The first kappa shape index (κ1) is 15.0. The van der Waals surface area contributed by atoms with Crippen LogP contribution in [0.2, 0.25) is 0 Å². The third-order valence-corrected chi connectivity index (χ3v) is 5.88. The quantitative estimate of drug-likeness (QED) is 0.804. The number of hydrogen-bond acceptors (Lipinski definition) is 3. The molecular formula is C16H28N3O2+. The number of carbonyl (C=O) groups is 2. The van der Waals surface area contributed by atoms with Gasteiger partial charge in [0.2, 0.25) is 5.91 Å². The summed E-state index contributed by atoms with van der Waals surface area (Å²) in [6.45, 7) is 2.66. The maximum atomic E-state index is 12.9. The molecule has 5 nitrogen and oxygen atoms in total. The van der Waals surface area contributed by atoms with Gasteiger partial charge in [0.15, 0.2) is 0 Å². The Morgan fingerprint density at radius 3 is 2.29 bits per heavy atom. The lowest BCUT2D eigenvalue weighted by Crippen LogP contribution is -2.70. The molecule has 0 aromatic carbocycles. The highest BCUT2D eigenvalue weighted by molar-refractivity contribution is 5.76. The van der Waals surface area contributed by atoms with Crippen molar-refractivity contribution in [3.63, 3.8) is 0 Å². The molecule has 0 aromatic heterocycles. The Bertz CT molecular complexity index is 412. The summed E-state index contributed by atoms with van der Waals surface area (Å²) >= 11 is 0. The zero-order chi connectivity index (χ0) is 14.9. The van der Waals surface area contributed by atoms with Gasteiger partial charge in [-0.2, -0.15) is 4.59 Å². The van der Waals surface area contributed by atoms with Crippen LogP contribution in [0, 0.1) is 5.92 Å². The molecule has 0 bridgehead atoms. The Labute approximate surface area is 127 Å². The number of likely N-dealkylation sites (tertiary alicyclic amines) is 1. The van der Waals surface area contributed by atoms with E-state index < -0.39 is 0 Å². The first-order chi connectivity index (χ1) is 10.1. The van der Waals surface area contributed by atoms with Gasteiger partial charge in [0.05, 0.1) is 6.42 Å². The van der Waals surface area contributed by atoms with E-state index in [2.05, 4.69) is 5.01 Å². The van der Waals surface area contributed by atoms with E-state index in [-0.39, 0.29) is 11.8 Å². The molecule has 3 rings (SSSR count). The zero-order valence-corrected chi connectivity index (χ0v) is 12.9. The van der Waals surface area contributed by atoms with E-state index in [1.807, 2.05) is 0 Å². The molecule has 5 heteroatoms. The molecule has 118 valence electrons. The Balaban J connectivity index is 1.79. The molecule has 2 heterocycles. The third kappa shape index (κ3) is 2.61. The second kappa shape index (κ2) is 6.05. The van der Waals surface area contributed by atoms with Crippen molar-refractivity contribution in [2.75, 3.05) is 19.6 Å². The van der Waals surface area contributed by atoms with Crippen molar-refractivity contribution in [1.82, 2.24) is 5.01 Å². The van der Waals surface area contributed by atoms with Crippen molar-refractivity contribution in [2.24, 2.45) is 11.7 Å². The Kier molecular flexibility index (Phi) is 4.31. The molecule has 21 heavy (non-hydrogen) atoms. The van der Waals surface area contributed by atoms with Gasteiger partial charge in [-0.25, -0.2) is 4.79 Å². The molecule has 1 atom stereocenters. The van der Waals surface area contributed by atoms with Gasteiger partial charge in [-0.05, 0) is 38.5 Å². The molecule has 0 radical (unpaired) electrons. The van der Waals surface area contributed by atoms with Crippen molar-refractivity contribution < 1.29 is 14.2 Å². The van der Waals surface area contributed by atoms with Crippen LogP contribution in [0.25, 0.3) is 0 Å². The summed E-state index contributed by atoms with van der Waals surface area (Å²) in [5, 5.41) is 2.39. The number of nitrogens with two attached hydrogens (primary N) is 1. The molecule has 1 aliphatic carbocycles. The molecular weight excluding hydrogens is 266 g/mol. The Hall–Kier alpha value is -0.940. The van der Waals surface area contributed by atoms with Crippen molar-refractivity contribution >= 4 is 11.8 Å². The summed E-state index contributed by atoms with van der Waals surface area (Å²) in [6.07, 6.45) is 9.44. The van der Waals surface area contributed by atoms with E-state index in [9.17, 15) is 9.59 Å². The summed E-state index contributed by atoms with van der Waals surface area (Å²) in [7, 11) is 0. The van der Waals surface area contributed by atoms with E-state index in [1.165, 1.54) is 25.7 Å². The fourth-order valence-electron chi connectivity index (χ4n) is 4.70. The normalized spacial score (nSPS) is 33.4. The molecule has 1 unspecified atom stereocenters. The third-order valence-electron chi connectivity index (χ3n) is 5.88. The van der Waals surface area contributed by atoms with E-state index in [1.54, 1.807) is 0 Å². The average Bonchev–Trinajstić information content (AvgIpc) is 3.03. The lowest BCUT2D eigenvalue weighted by Gasteiger charge is -2.51. The summed E-state index contributed by atoms with van der Waals surface area (Å²) < 4.78 is 0.603. The lowest BCUT2D eigenvalue weighted by molar-refractivity contribution is -0.993. The number of quaternary nitrogens is 1. The topological polar surface area (TPSA) is 63.4 Å². The van der Waals surface area contributed by atoms with Crippen LogP contribution in [0.5, 0.6) is 0 Å². The van der Waals surface area contributed by atoms with Crippen LogP contribution in [0.4, 0.5) is 0 Å². The minimum Gasteiger partial charge on any atom is -0.369 e. The number of nitrogens with zero attached hydrogens (tertiary/aromatic N) is 2. The summed E-state index contributed by atoms with van der Waals surface area (Å²) in [5.74, 6) is 0.252. The van der Waals surface area contributed by atoms with Crippen molar-refractivity contribution in [1.29, 1.82) is 0 Å². The molecule has 2 saturated heterocycles. The Morgan fingerprint density at radius 1 is 1.05 bits per heavy atom. The van der Waals surface area contributed by atoms with Crippen LogP contribution in [0.15, 0.2) is 0 Å². The van der Waals surface area contributed by atoms with Gasteiger partial charge >= 0.3 is 5.91 Å². The standard InChI is InChI=1S/C16H27N3O2/c17-16(21)13-8-10-18(11-9-13)19(14-5-1-2-6-14)12-4-3-7-15(19)20/h13-14H,1-12H2,(H-,17,21)/p+1.